The number of nitrogen functional groups attached to an aromatic ring is 1. The average Bonchev–Trinajstić information content (AvgIpc) is 2.62. The van der Waals surface area contributed by atoms with Crippen LogP contribution in [0.15, 0.2) is 6.07 Å². The molecule has 0 bridgehead atoms. The number of aromatic nitrogens is 2. The largest absolute Gasteiger partial charge is 0.393 e. The van der Waals surface area contributed by atoms with Crippen LogP contribution in [0.25, 0.3) is 10.2 Å². The van der Waals surface area contributed by atoms with E-state index < -0.39 is 0 Å². The van der Waals surface area contributed by atoms with Crippen LogP contribution in [0.5, 0.6) is 0 Å². The van der Waals surface area contributed by atoms with Crippen molar-refractivity contribution in [2.24, 2.45) is 5.92 Å². The van der Waals surface area contributed by atoms with Gasteiger partial charge in [-0.1, -0.05) is 0 Å². The number of rotatable bonds is 3. The van der Waals surface area contributed by atoms with Crippen LogP contribution in [0, 0.1) is 12.8 Å². The SMILES string of the molecule is Cc1cc2c(NCC3CC(O)C3)nc(N)nc2s1. The van der Waals surface area contributed by atoms with Crippen LogP contribution in [-0.2, 0) is 0 Å². The topological polar surface area (TPSA) is 84.1 Å². The van der Waals surface area contributed by atoms with E-state index in [1.807, 2.05) is 0 Å². The summed E-state index contributed by atoms with van der Waals surface area (Å²) < 4.78 is 0. The molecule has 0 aliphatic heterocycles. The van der Waals surface area contributed by atoms with Crippen molar-refractivity contribution in [3.8, 4) is 0 Å². The first-order valence-corrected chi connectivity index (χ1v) is 6.89. The van der Waals surface area contributed by atoms with Gasteiger partial charge in [-0.15, -0.1) is 11.3 Å². The van der Waals surface area contributed by atoms with Gasteiger partial charge in [-0.3, -0.25) is 0 Å². The number of aliphatic hydroxyl groups is 1. The van der Waals surface area contributed by atoms with Gasteiger partial charge < -0.3 is 16.2 Å². The van der Waals surface area contributed by atoms with Crippen molar-refractivity contribution in [1.29, 1.82) is 0 Å². The molecular weight excluding hydrogens is 248 g/mol. The highest BCUT2D eigenvalue weighted by atomic mass is 32.1. The fourth-order valence-corrected chi connectivity index (χ4v) is 3.19. The molecule has 2 heterocycles. The van der Waals surface area contributed by atoms with Crippen LogP contribution >= 0.6 is 11.3 Å². The molecule has 0 amide bonds. The number of fused-ring (bicyclic) bond motifs is 1. The van der Waals surface area contributed by atoms with E-state index in [2.05, 4.69) is 28.3 Å². The summed E-state index contributed by atoms with van der Waals surface area (Å²) in [6.45, 7) is 2.88. The van der Waals surface area contributed by atoms with Crippen molar-refractivity contribution < 1.29 is 5.11 Å². The molecule has 0 radical (unpaired) electrons. The molecule has 1 fully saturated rings. The number of nitrogens with two attached hydrogens (primary N) is 1. The lowest BCUT2D eigenvalue weighted by molar-refractivity contribution is 0.0486. The molecule has 0 unspecified atom stereocenters. The Hall–Kier alpha value is -1.40. The van der Waals surface area contributed by atoms with E-state index in [4.69, 9.17) is 5.73 Å². The minimum Gasteiger partial charge on any atom is -0.393 e. The van der Waals surface area contributed by atoms with Crippen molar-refractivity contribution in [3.05, 3.63) is 10.9 Å². The highest BCUT2D eigenvalue weighted by Gasteiger charge is 2.27. The van der Waals surface area contributed by atoms with E-state index in [0.717, 1.165) is 35.4 Å². The number of hydrogen-bond acceptors (Lipinski definition) is 6. The summed E-state index contributed by atoms with van der Waals surface area (Å²) in [7, 11) is 0. The Kier molecular flexibility index (Phi) is 2.83. The summed E-state index contributed by atoms with van der Waals surface area (Å²) in [5.41, 5.74) is 5.71. The second kappa shape index (κ2) is 4.37. The van der Waals surface area contributed by atoms with Crippen LogP contribution in [-0.4, -0.2) is 27.7 Å². The van der Waals surface area contributed by atoms with Crippen LogP contribution in [0.3, 0.4) is 0 Å². The first kappa shape index (κ1) is 11.7. The normalized spacial score (nSPS) is 23.0. The highest BCUT2D eigenvalue weighted by molar-refractivity contribution is 7.18. The minimum atomic E-state index is -0.115. The van der Waals surface area contributed by atoms with Crippen LogP contribution in [0.2, 0.25) is 0 Å². The zero-order valence-electron chi connectivity index (χ0n) is 10.2. The summed E-state index contributed by atoms with van der Waals surface area (Å²) in [4.78, 5) is 10.6. The van der Waals surface area contributed by atoms with Gasteiger partial charge in [0, 0.05) is 11.4 Å². The predicted molar refractivity (Wildman–Crippen MR) is 73.8 cm³/mol. The molecule has 96 valence electrons. The third-order valence-corrected chi connectivity index (χ3v) is 4.25. The summed E-state index contributed by atoms with van der Waals surface area (Å²) in [5.74, 6) is 1.65. The number of nitrogens with one attached hydrogen (secondary N) is 1. The van der Waals surface area contributed by atoms with Gasteiger partial charge in [-0.25, -0.2) is 4.98 Å². The Morgan fingerprint density at radius 3 is 3.00 bits per heavy atom. The molecule has 1 saturated carbocycles. The zero-order chi connectivity index (χ0) is 12.7. The number of aliphatic hydroxyl groups excluding tert-OH is 1. The molecule has 3 rings (SSSR count). The number of anilines is 2. The van der Waals surface area contributed by atoms with E-state index in [9.17, 15) is 5.11 Å². The third-order valence-electron chi connectivity index (χ3n) is 3.30. The molecule has 1 aliphatic rings. The average molecular weight is 264 g/mol. The van der Waals surface area contributed by atoms with E-state index >= 15 is 0 Å². The van der Waals surface area contributed by atoms with E-state index in [1.54, 1.807) is 11.3 Å². The van der Waals surface area contributed by atoms with Gasteiger partial charge in [-0.05, 0) is 31.7 Å². The predicted octanol–water partition coefficient (Wildman–Crippen LogP) is 1.76. The van der Waals surface area contributed by atoms with Gasteiger partial charge in [0.2, 0.25) is 5.95 Å². The Balaban J connectivity index is 1.81. The quantitative estimate of drug-likeness (QED) is 0.786. The van der Waals surface area contributed by atoms with E-state index in [-0.39, 0.29) is 6.10 Å². The van der Waals surface area contributed by atoms with E-state index in [1.165, 1.54) is 4.88 Å². The van der Waals surface area contributed by atoms with Gasteiger partial charge in [0.05, 0.1) is 11.5 Å². The number of hydrogen-bond donors (Lipinski definition) is 3. The minimum absolute atomic E-state index is 0.115. The molecule has 18 heavy (non-hydrogen) atoms. The zero-order valence-corrected chi connectivity index (χ0v) is 11.0. The van der Waals surface area contributed by atoms with Crippen LogP contribution in [0.1, 0.15) is 17.7 Å². The Bertz CT molecular complexity index is 577. The van der Waals surface area contributed by atoms with Gasteiger partial charge in [0.15, 0.2) is 0 Å². The Labute approximate surface area is 109 Å². The highest BCUT2D eigenvalue weighted by Crippen LogP contribution is 2.31. The molecule has 2 aromatic heterocycles. The monoisotopic (exact) mass is 264 g/mol. The molecular formula is C12H16N4OS. The fraction of sp³-hybridized carbons (Fsp3) is 0.500. The van der Waals surface area contributed by atoms with Crippen molar-refractivity contribution in [2.45, 2.75) is 25.9 Å². The van der Waals surface area contributed by atoms with E-state index in [0.29, 0.717) is 11.9 Å². The molecule has 1 aliphatic carbocycles. The maximum absolute atomic E-state index is 9.26. The summed E-state index contributed by atoms with van der Waals surface area (Å²) in [6, 6.07) is 2.08. The van der Waals surface area contributed by atoms with Crippen LogP contribution in [0.4, 0.5) is 11.8 Å². The number of aryl methyl sites for hydroxylation is 1. The first-order valence-electron chi connectivity index (χ1n) is 6.07. The Morgan fingerprint density at radius 2 is 2.28 bits per heavy atom. The number of nitrogens with zero attached hydrogens (tertiary/aromatic N) is 2. The fourth-order valence-electron chi connectivity index (χ4n) is 2.30. The maximum Gasteiger partial charge on any atom is 0.223 e. The standard InChI is InChI=1S/C12H16N4OS/c1-6-2-9-10(14-5-7-3-8(17)4-7)15-12(13)16-11(9)18-6/h2,7-8,17H,3-5H2,1H3,(H3,13,14,15,16). The molecule has 6 heteroatoms. The summed E-state index contributed by atoms with van der Waals surface area (Å²) >= 11 is 1.62. The lowest BCUT2D eigenvalue weighted by atomic mass is 9.82. The van der Waals surface area contributed by atoms with Gasteiger partial charge in [-0.2, -0.15) is 4.98 Å². The summed E-state index contributed by atoms with van der Waals surface area (Å²) in [5, 5.41) is 13.6. The van der Waals surface area contributed by atoms with Gasteiger partial charge in [0.25, 0.3) is 0 Å². The molecule has 0 spiro atoms. The molecule has 2 aromatic rings. The second-order valence-corrected chi connectivity index (χ2v) is 6.11. The van der Waals surface area contributed by atoms with Gasteiger partial charge in [0.1, 0.15) is 10.6 Å². The molecule has 0 saturated heterocycles. The van der Waals surface area contributed by atoms with Gasteiger partial charge >= 0.3 is 0 Å². The smallest absolute Gasteiger partial charge is 0.223 e. The lowest BCUT2D eigenvalue weighted by Crippen LogP contribution is -2.33. The number of thiophene rings is 1. The Morgan fingerprint density at radius 1 is 1.50 bits per heavy atom. The van der Waals surface area contributed by atoms with Crippen LogP contribution < -0.4 is 11.1 Å². The molecule has 0 aromatic carbocycles. The molecule has 5 nitrogen and oxygen atoms in total. The van der Waals surface area contributed by atoms with Crippen molar-refractivity contribution in [2.75, 3.05) is 17.6 Å². The molecule has 4 N–H and O–H groups in total. The third kappa shape index (κ3) is 2.13. The second-order valence-electron chi connectivity index (χ2n) is 4.88. The lowest BCUT2D eigenvalue weighted by Gasteiger charge is -2.31. The maximum atomic E-state index is 9.26. The molecule has 0 atom stereocenters. The van der Waals surface area contributed by atoms with Crippen molar-refractivity contribution in [1.82, 2.24) is 9.97 Å². The van der Waals surface area contributed by atoms with Crippen molar-refractivity contribution in [3.63, 3.8) is 0 Å². The van der Waals surface area contributed by atoms with Crippen molar-refractivity contribution >= 4 is 33.3 Å². The first-order chi connectivity index (χ1) is 8.61. The summed E-state index contributed by atoms with van der Waals surface area (Å²) in [6.07, 6.45) is 1.63.